The van der Waals surface area contributed by atoms with E-state index in [-0.39, 0.29) is 21.8 Å². The molecule has 0 unspecified atom stereocenters. The first kappa shape index (κ1) is 25.2. The summed E-state index contributed by atoms with van der Waals surface area (Å²) >= 11 is 1.08. The van der Waals surface area contributed by atoms with Crippen molar-refractivity contribution >= 4 is 50.2 Å². The zero-order chi connectivity index (χ0) is 25.7. The molecule has 0 aliphatic carbocycles. The maximum Gasteiger partial charge on any atom is 0.261 e. The van der Waals surface area contributed by atoms with Gasteiger partial charge in [-0.3, -0.25) is 9.52 Å². The molecule has 0 aliphatic heterocycles. The molecule has 2 N–H and O–H groups in total. The van der Waals surface area contributed by atoms with Gasteiger partial charge < -0.3 is 23.9 Å². The van der Waals surface area contributed by atoms with Crippen molar-refractivity contribution < 1.29 is 31.8 Å². The van der Waals surface area contributed by atoms with Crippen LogP contribution in [0, 0.1) is 0 Å². The van der Waals surface area contributed by atoms with Crippen LogP contribution >= 0.6 is 11.8 Å². The highest BCUT2D eigenvalue weighted by Crippen LogP contribution is 2.30. The summed E-state index contributed by atoms with van der Waals surface area (Å²) in [4.78, 5) is 16.8. The fourth-order valence-corrected chi connectivity index (χ4v) is 4.93. The molecule has 3 aromatic carbocycles. The Labute approximate surface area is 212 Å². The standard InChI is InChI=1S/C24H23N3O7S2/c1-31-16-6-4-15(5-7-16)27-36(29,30)18-9-11-22-20(13-18)26-24(34-22)35-14-23(28)25-19-12-17(32-2)8-10-21(19)33-3/h4-13,27H,14H2,1-3H3,(H,25,28). The minimum Gasteiger partial charge on any atom is -0.497 e. The lowest BCUT2D eigenvalue weighted by molar-refractivity contribution is -0.113. The number of carbonyl (C=O) groups is 1. The van der Waals surface area contributed by atoms with E-state index in [0.29, 0.717) is 39.7 Å². The molecular formula is C24H23N3O7S2. The Hall–Kier alpha value is -3.90. The highest BCUT2D eigenvalue weighted by atomic mass is 32.2. The van der Waals surface area contributed by atoms with Crippen molar-refractivity contribution in [3.05, 3.63) is 60.7 Å². The van der Waals surface area contributed by atoms with Crippen LogP contribution in [0.15, 0.2) is 75.2 Å². The van der Waals surface area contributed by atoms with Gasteiger partial charge in [-0.05, 0) is 54.6 Å². The smallest absolute Gasteiger partial charge is 0.261 e. The third-order valence-corrected chi connectivity index (χ3v) is 7.21. The number of sulfonamides is 1. The number of fused-ring (bicyclic) bond motifs is 1. The highest BCUT2D eigenvalue weighted by molar-refractivity contribution is 7.99. The van der Waals surface area contributed by atoms with Crippen LogP contribution in [-0.2, 0) is 14.8 Å². The van der Waals surface area contributed by atoms with E-state index in [9.17, 15) is 13.2 Å². The molecule has 12 heteroatoms. The van der Waals surface area contributed by atoms with Gasteiger partial charge in [-0.2, -0.15) is 0 Å². The zero-order valence-electron chi connectivity index (χ0n) is 19.6. The van der Waals surface area contributed by atoms with Crippen LogP contribution in [0.5, 0.6) is 17.2 Å². The van der Waals surface area contributed by atoms with E-state index in [1.165, 1.54) is 39.5 Å². The third-order valence-electron chi connectivity index (χ3n) is 5.00. The number of oxazole rings is 1. The van der Waals surface area contributed by atoms with E-state index >= 15 is 0 Å². The maximum absolute atomic E-state index is 12.8. The van der Waals surface area contributed by atoms with Gasteiger partial charge in [0.05, 0.1) is 37.7 Å². The van der Waals surface area contributed by atoms with Gasteiger partial charge in [-0.25, -0.2) is 13.4 Å². The molecule has 0 fully saturated rings. The van der Waals surface area contributed by atoms with E-state index in [4.69, 9.17) is 18.6 Å². The predicted molar refractivity (Wildman–Crippen MR) is 137 cm³/mol. The second kappa shape index (κ2) is 10.8. The lowest BCUT2D eigenvalue weighted by atomic mass is 10.2. The molecule has 10 nitrogen and oxygen atoms in total. The van der Waals surface area contributed by atoms with Crippen LogP contribution in [0.1, 0.15) is 0 Å². The second-order valence-corrected chi connectivity index (χ2v) is 9.96. The monoisotopic (exact) mass is 529 g/mol. The van der Waals surface area contributed by atoms with Gasteiger partial charge in [-0.1, -0.05) is 11.8 Å². The number of hydrogen-bond donors (Lipinski definition) is 2. The van der Waals surface area contributed by atoms with Crippen molar-refractivity contribution in [3.8, 4) is 17.2 Å². The van der Waals surface area contributed by atoms with E-state index in [2.05, 4.69) is 15.0 Å². The first-order valence-corrected chi connectivity index (χ1v) is 13.0. The van der Waals surface area contributed by atoms with Crippen molar-refractivity contribution in [2.24, 2.45) is 0 Å². The maximum atomic E-state index is 12.8. The van der Waals surface area contributed by atoms with Gasteiger partial charge in [0.1, 0.15) is 22.8 Å². The number of methoxy groups -OCH3 is 3. The molecule has 0 radical (unpaired) electrons. The molecule has 0 saturated carbocycles. The summed E-state index contributed by atoms with van der Waals surface area (Å²) < 4.78 is 49.3. The summed E-state index contributed by atoms with van der Waals surface area (Å²) in [6.45, 7) is 0. The minimum atomic E-state index is -3.85. The van der Waals surface area contributed by atoms with E-state index in [0.717, 1.165) is 11.8 Å². The summed E-state index contributed by atoms with van der Waals surface area (Å²) in [6.07, 6.45) is 0. The summed E-state index contributed by atoms with van der Waals surface area (Å²) in [7, 11) is 0.713. The molecule has 1 aromatic heterocycles. The predicted octanol–water partition coefficient (Wildman–Crippen LogP) is 4.39. The summed E-state index contributed by atoms with van der Waals surface area (Å²) in [5, 5.41) is 3.00. The molecule has 1 heterocycles. The van der Waals surface area contributed by atoms with Crippen LogP contribution in [0.25, 0.3) is 11.1 Å². The Morgan fingerprint density at radius 1 is 0.944 bits per heavy atom. The number of benzene rings is 3. The van der Waals surface area contributed by atoms with Gasteiger partial charge in [0.25, 0.3) is 15.2 Å². The number of amides is 1. The van der Waals surface area contributed by atoms with Gasteiger partial charge in [0.15, 0.2) is 5.58 Å². The molecule has 0 spiro atoms. The van der Waals surface area contributed by atoms with Crippen molar-refractivity contribution in [1.82, 2.24) is 4.98 Å². The largest absolute Gasteiger partial charge is 0.497 e. The number of thioether (sulfide) groups is 1. The van der Waals surface area contributed by atoms with Crippen molar-refractivity contribution in [2.75, 3.05) is 37.1 Å². The van der Waals surface area contributed by atoms with Crippen molar-refractivity contribution in [1.29, 1.82) is 0 Å². The Kier molecular flexibility index (Phi) is 7.55. The van der Waals surface area contributed by atoms with Gasteiger partial charge in [0.2, 0.25) is 5.91 Å². The van der Waals surface area contributed by atoms with Crippen molar-refractivity contribution in [3.63, 3.8) is 0 Å². The van der Waals surface area contributed by atoms with Gasteiger partial charge >= 0.3 is 0 Å². The molecule has 36 heavy (non-hydrogen) atoms. The van der Waals surface area contributed by atoms with Gasteiger partial charge in [-0.15, -0.1) is 0 Å². The van der Waals surface area contributed by atoms with Gasteiger partial charge in [0, 0.05) is 11.8 Å². The number of rotatable bonds is 10. The molecule has 4 rings (SSSR count). The van der Waals surface area contributed by atoms with E-state index < -0.39 is 10.0 Å². The fourth-order valence-electron chi connectivity index (χ4n) is 3.21. The molecule has 0 saturated heterocycles. The van der Waals surface area contributed by atoms with E-state index in [1.54, 1.807) is 42.5 Å². The number of nitrogens with zero attached hydrogens (tertiary/aromatic N) is 1. The number of aromatic nitrogens is 1. The highest BCUT2D eigenvalue weighted by Gasteiger charge is 2.18. The SMILES string of the molecule is COc1ccc(NS(=O)(=O)c2ccc3oc(SCC(=O)Nc4cc(OC)ccc4OC)nc3c2)cc1. The van der Waals surface area contributed by atoms with Crippen LogP contribution in [-0.4, -0.2) is 46.4 Å². The summed E-state index contributed by atoms with van der Waals surface area (Å²) in [5.41, 5.74) is 1.62. The van der Waals surface area contributed by atoms with Crippen LogP contribution < -0.4 is 24.2 Å². The molecule has 4 aromatic rings. The Morgan fingerprint density at radius 2 is 1.67 bits per heavy atom. The fraction of sp³-hybridized carbons (Fsp3) is 0.167. The first-order valence-electron chi connectivity index (χ1n) is 10.5. The average molecular weight is 530 g/mol. The quantitative estimate of drug-likeness (QED) is 0.287. The number of hydrogen-bond acceptors (Lipinski definition) is 9. The Balaban J connectivity index is 1.43. The van der Waals surface area contributed by atoms with Crippen molar-refractivity contribution in [2.45, 2.75) is 10.1 Å². The lowest BCUT2D eigenvalue weighted by Crippen LogP contribution is -2.14. The molecule has 0 bridgehead atoms. The van der Waals surface area contributed by atoms with Crippen LogP contribution in [0.3, 0.4) is 0 Å². The summed E-state index contributed by atoms with van der Waals surface area (Å²) in [5.74, 6) is 1.39. The average Bonchev–Trinajstić information content (AvgIpc) is 3.30. The molecule has 1 amide bonds. The zero-order valence-corrected chi connectivity index (χ0v) is 21.2. The van der Waals surface area contributed by atoms with Crippen LogP contribution in [0.4, 0.5) is 11.4 Å². The number of anilines is 2. The summed E-state index contributed by atoms with van der Waals surface area (Å²) in [6, 6.07) is 16.0. The lowest BCUT2D eigenvalue weighted by Gasteiger charge is -2.11. The number of nitrogens with one attached hydrogen (secondary N) is 2. The molecule has 0 atom stereocenters. The van der Waals surface area contributed by atoms with Crippen LogP contribution in [0.2, 0.25) is 0 Å². The Bertz CT molecular complexity index is 1490. The molecule has 188 valence electrons. The molecular weight excluding hydrogens is 506 g/mol. The first-order chi connectivity index (χ1) is 17.3. The normalized spacial score (nSPS) is 11.2. The van der Waals surface area contributed by atoms with E-state index in [1.807, 2.05) is 0 Å². The minimum absolute atomic E-state index is 0.0113. The number of ether oxygens (including phenoxy) is 3. The topological polar surface area (TPSA) is 129 Å². The third kappa shape index (κ3) is 5.83. The number of carbonyl (C=O) groups excluding carboxylic acids is 1. The Morgan fingerprint density at radius 3 is 2.36 bits per heavy atom. The second-order valence-electron chi connectivity index (χ2n) is 7.35. The molecule has 0 aliphatic rings.